The molecular formula is C21H23NO3. The van der Waals surface area contributed by atoms with E-state index in [2.05, 4.69) is 18.2 Å². The van der Waals surface area contributed by atoms with E-state index in [9.17, 15) is 9.59 Å². The number of hydrogen-bond acceptors (Lipinski definition) is 3. The summed E-state index contributed by atoms with van der Waals surface area (Å²) in [5, 5.41) is 2.27. The topological polar surface area (TPSA) is 46.6 Å². The van der Waals surface area contributed by atoms with Gasteiger partial charge in [-0.25, -0.2) is 0 Å². The molecule has 0 radical (unpaired) electrons. The number of fused-ring (bicyclic) bond motifs is 1. The molecule has 0 aliphatic carbocycles. The van der Waals surface area contributed by atoms with Crippen LogP contribution in [0.2, 0.25) is 0 Å². The zero-order valence-corrected chi connectivity index (χ0v) is 14.5. The lowest BCUT2D eigenvalue weighted by molar-refractivity contribution is -0.150. The van der Waals surface area contributed by atoms with E-state index in [1.54, 1.807) is 17.9 Å². The highest BCUT2D eigenvalue weighted by molar-refractivity contribution is 5.97. The van der Waals surface area contributed by atoms with E-state index in [0.717, 1.165) is 29.2 Å². The fourth-order valence-corrected chi connectivity index (χ4v) is 3.29. The van der Waals surface area contributed by atoms with Crippen molar-refractivity contribution in [3.05, 3.63) is 54.1 Å². The molecule has 1 atom stereocenters. The van der Waals surface area contributed by atoms with Crippen molar-refractivity contribution in [2.45, 2.75) is 19.8 Å². The number of rotatable bonds is 4. The first-order valence-corrected chi connectivity index (χ1v) is 8.80. The minimum atomic E-state index is -0.205. The van der Waals surface area contributed by atoms with E-state index in [-0.39, 0.29) is 17.8 Å². The number of piperidine rings is 1. The molecule has 4 heteroatoms. The summed E-state index contributed by atoms with van der Waals surface area (Å²) in [4.78, 5) is 26.2. The quantitative estimate of drug-likeness (QED) is 0.632. The number of hydrogen-bond donors (Lipinski definition) is 0. The zero-order valence-electron chi connectivity index (χ0n) is 14.5. The van der Waals surface area contributed by atoms with Crippen molar-refractivity contribution in [3.8, 4) is 0 Å². The number of likely N-dealkylation sites (tertiary alicyclic amines) is 1. The molecule has 1 unspecified atom stereocenters. The third-order valence-corrected chi connectivity index (χ3v) is 4.58. The largest absolute Gasteiger partial charge is 0.466 e. The molecule has 1 heterocycles. The summed E-state index contributed by atoms with van der Waals surface area (Å²) in [7, 11) is 0. The van der Waals surface area contributed by atoms with Crippen molar-refractivity contribution in [1.82, 2.24) is 4.90 Å². The van der Waals surface area contributed by atoms with E-state index in [1.807, 2.05) is 30.3 Å². The Morgan fingerprint density at radius 3 is 2.84 bits per heavy atom. The average molecular weight is 337 g/mol. The lowest BCUT2D eigenvalue weighted by atomic mass is 9.98. The molecule has 25 heavy (non-hydrogen) atoms. The molecule has 1 amide bonds. The van der Waals surface area contributed by atoms with Gasteiger partial charge in [-0.15, -0.1) is 0 Å². The molecule has 1 fully saturated rings. The molecular weight excluding hydrogens is 314 g/mol. The van der Waals surface area contributed by atoms with Crippen LogP contribution in [0.25, 0.3) is 16.8 Å². The number of amides is 1. The van der Waals surface area contributed by atoms with Crippen molar-refractivity contribution in [2.75, 3.05) is 19.7 Å². The van der Waals surface area contributed by atoms with Gasteiger partial charge in [0, 0.05) is 19.2 Å². The third kappa shape index (κ3) is 4.08. The maximum atomic E-state index is 12.5. The van der Waals surface area contributed by atoms with Crippen LogP contribution >= 0.6 is 0 Å². The second-order valence-electron chi connectivity index (χ2n) is 6.28. The van der Waals surface area contributed by atoms with Gasteiger partial charge in [0.1, 0.15) is 0 Å². The summed E-state index contributed by atoms with van der Waals surface area (Å²) < 4.78 is 5.09. The van der Waals surface area contributed by atoms with Crippen LogP contribution in [0.1, 0.15) is 25.3 Å². The SMILES string of the molecule is CCOC(=O)C1CCCN(C(=O)C=Cc2cccc3ccccc23)C1. The zero-order chi connectivity index (χ0) is 17.6. The average Bonchev–Trinajstić information content (AvgIpc) is 2.66. The van der Waals surface area contributed by atoms with Gasteiger partial charge in [-0.1, -0.05) is 42.5 Å². The van der Waals surface area contributed by atoms with Gasteiger partial charge in [-0.2, -0.15) is 0 Å². The van der Waals surface area contributed by atoms with Crippen molar-refractivity contribution in [1.29, 1.82) is 0 Å². The Kier molecular flexibility index (Phi) is 5.49. The van der Waals surface area contributed by atoms with Gasteiger partial charge in [0.25, 0.3) is 0 Å². The van der Waals surface area contributed by atoms with Gasteiger partial charge >= 0.3 is 5.97 Å². The Morgan fingerprint density at radius 1 is 1.20 bits per heavy atom. The number of benzene rings is 2. The summed E-state index contributed by atoms with van der Waals surface area (Å²) in [6, 6.07) is 14.2. The molecule has 0 N–H and O–H groups in total. The Balaban J connectivity index is 1.70. The van der Waals surface area contributed by atoms with Crippen molar-refractivity contribution < 1.29 is 14.3 Å². The summed E-state index contributed by atoms with van der Waals surface area (Å²) in [6.45, 7) is 3.31. The van der Waals surface area contributed by atoms with Gasteiger partial charge in [0.2, 0.25) is 5.91 Å². The van der Waals surface area contributed by atoms with E-state index in [1.165, 1.54) is 0 Å². The highest BCUT2D eigenvalue weighted by Gasteiger charge is 2.28. The van der Waals surface area contributed by atoms with Crippen LogP contribution < -0.4 is 0 Å². The Morgan fingerprint density at radius 2 is 2.00 bits per heavy atom. The fourth-order valence-electron chi connectivity index (χ4n) is 3.29. The molecule has 1 saturated heterocycles. The maximum Gasteiger partial charge on any atom is 0.310 e. The molecule has 2 aromatic carbocycles. The normalized spacial score (nSPS) is 17.8. The molecule has 3 rings (SSSR count). The second kappa shape index (κ2) is 7.97. The molecule has 0 aromatic heterocycles. The van der Waals surface area contributed by atoms with Crippen molar-refractivity contribution in [2.24, 2.45) is 5.92 Å². The second-order valence-corrected chi connectivity index (χ2v) is 6.28. The minimum Gasteiger partial charge on any atom is -0.466 e. The summed E-state index contributed by atoms with van der Waals surface area (Å²) in [5.41, 5.74) is 1.02. The Labute approximate surface area is 148 Å². The molecule has 0 bridgehead atoms. The lowest BCUT2D eigenvalue weighted by Crippen LogP contribution is -2.42. The standard InChI is InChI=1S/C21H23NO3/c1-2-25-21(24)18-10-6-14-22(15-18)20(23)13-12-17-9-5-8-16-7-3-4-11-19(16)17/h3-5,7-9,11-13,18H,2,6,10,14-15H2,1H3. The van der Waals surface area contributed by atoms with Crippen LogP contribution in [0.5, 0.6) is 0 Å². The van der Waals surface area contributed by atoms with Gasteiger partial charge in [-0.3, -0.25) is 9.59 Å². The molecule has 1 aliphatic rings. The van der Waals surface area contributed by atoms with Crippen LogP contribution in [0.4, 0.5) is 0 Å². The van der Waals surface area contributed by atoms with Crippen LogP contribution in [-0.2, 0) is 14.3 Å². The Bertz CT molecular complexity index is 791. The first-order chi connectivity index (χ1) is 12.2. The Hall–Kier alpha value is -2.62. The summed E-state index contributed by atoms with van der Waals surface area (Å²) in [6.07, 6.45) is 5.08. The lowest BCUT2D eigenvalue weighted by Gasteiger charge is -2.30. The van der Waals surface area contributed by atoms with Gasteiger partial charge in [-0.05, 0) is 42.2 Å². The van der Waals surface area contributed by atoms with Gasteiger partial charge < -0.3 is 9.64 Å². The van der Waals surface area contributed by atoms with E-state index < -0.39 is 0 Å². The number of esters is 1. The van der Waals surface area contributed by atoms with Gasteiger partial charge in [0.05, 0.1) is 12.5 Å². The van der Waals surface area contributed by atoms with Crippen LogP contribution in [0.15, 0.2) is 48.5 Å². The highest BCUT2D eigenvalue weighted by Crippen LogP contribution is 2.21. The van der Waals surface area contributed by atoms with Gasteiger partial charge in [0.15, 0.2) is 0 Å². The fraction of sp³-hybridized carbons (Fsp3) is 0.333. The predicted molar refractivity (Wildman–Crippen MR) is 98.9 cm³/mol. The van der Waals surface area contributed by atoms with Crippen LogP contribution in [0, 0.1) is 5.92 Å². The van der Waals surface area contributed by atoms with Crippen molar-refractivity contribution in [3.63, 3.8) is 0 Å². The smallest absolute Gasteiger partial charge is 0.310 e. The third-order valence-electron chi connectivity index (χ3n) is 4.58. The number of carbonyl (C=O) groups excluding carboxylic acids is 2. The van der Waals surface area contributed by atoms with E-state index in [4.69, 9.17) is 4.74 Å². The molecule has 1 aliphatic heterocycles. The molecule has 4 nitrogen and oxygen atoms in total. The van der Waals surface area contributed by atoms with Crippen LogP contribution in [-0.4, -0.2) is 36.5 Å². The first-order valence-electron chi connectivity index (χ1n) is 8.80. The molecule has 2 aromatic rings. The number of ether oxygens (including phenoxy) is 1. The van der Waals surface area contributed by atoms with Crippen molar-refractivity contribution >= 4 is 28.7 Å². The predicted octanol–water partition coefficient (Wildman–Crippen LogP) is 3.65. The first kappa shape index (κ1) is 17.2. The minimum absolute atomic E-state index is 0.0538. The number of nitrogens with zero attached hydrogens (tertiary/aromatic N) is 1. The molecule has 130 valence electrons. The maximum absolute atomic E-state index is 12.5. The summed E-state index contributed by atoms with van der Waals surface area (Å²) in [5.74, 6) is -0.455. The number of carbonyl (C=O) groups is 2. The van der Waals surface area contributed by atoms with Crippen LogP contribution in [0.3, 0.4) is 0 Å². The summed E-state index contributed by atoms with van der Waals surface area (Å²) >= 11 is 0. The molecule has 0 saturated carbocycles. The highest BCUT2D eigenvalue weighted by atomic mass is 16.5. The molecule has 0 spiro atoms. The monoisotopic (exact) mass is 337 g/mol. The van der Waals surface area contributed by atoms with E-state index >= 15 is 0 Å². The van der Waals surface area contributed by atoms with E-state index in [0.29, 0.717) is 19.7 Å².